The standard InChI is InChI=1S/C14H6Cl2N2O2/c15-13(16)6-5-11-9-3-1-2-4-10(9)12(11)14(13,17-7-19)18-8-20/h1-6H. The smallest absolute Gasteiger partial charge is 0.211 e. The molecule has 0 saturated heterocycles. The first-order chi connectivity index (χ1) is 9.57. The Morgan fingerprint density at radius 3 is 2.20 bits per heavy atom. The minimum atomic E-state index is -1.74. The van der Waals surface area contributed by atoms with Gasteiger partial charge in [-0.15, -0.1) is 0 Å². The van der Waals surface area contributed by atoms with Crippen molar-refractivity contribution < 1.29 is 9.59 Å². The van der Waals surface area contributed by atoms with Crippen molar-refractivity contribution in [2.45, 2.75) is 10.00 Å². The Hall–Kier alpha value is -1.96. The first kappa shape index (κ1) is 13.0. The van der Waals surface area contributed by atoms with Crippen LogP contribution in [0.5, 0.6) is 0 Å². The molecule has 0 aliphatic heterocycles. The van der Waals surface area contributed by atoms with Crippen molar-refractivity contribution in [2.24, 2.45) is 9.98 Å². The number of hydrogen-bond acceptors (Lipinski definition) is 4. The number of isocyanates is 2. The fraction of sp³-hybridized carbons (Fsp3) is 0.143. The normalized spacial score (nSPS) is 24.7. The first-order valence-corrected chi connectivity index (χ1v) is 6.42. The number of rotatable bonds is 2. The van der Waals surface area contributed by atoms with E-state index in [1.807, 2.05) is 24.3 Å². The molecular weight excluding hydrogens is 299 g/mol. The summed E-state index contributed by atoms with van der Waals surface area (Å²) in [5, 5.41) is 0. The fourth-order valence-electron chi connectivity index (χ4n) is 2.59. The van der Waals surface area contributed by atoms with Gasteiger partial charge in [-0.3, -0.25) is 0 Å². The molecule has 2 aliphatic carbocycles. The van der Waals surface area contributed by atoms with E-state index in [0.29, 0.717) is 5.57 Å². The Morgan fingerprint density at radius 2 is 1.60 bits per heavy atom. The van der Waals surface area contributed by atoms with Gasteiger partial charge in [0.05, 0.1) is 0 Å². The van der Waals surface area contributed by atoms with E-state index in [9.17, 15) is 9.59 Å². The van der Waals surface area contributed by atoms with Crippen LogP contribution in [-0.2, 0) is 9.59 Å². The lowest BCUT2D eigenvalue weighted by Gasteiger charge is -2.43. The van der Waals surface area contributed by atoms with Gasteiger partial charge in [0.15, 0.2) is 4.33 Å². The second kappa shape index (κ2) is 4.27. The Morgan fingerprint density at radius 1 is 1.00 bits per heavy atom. The molecule has 4 nitrogen and oxygen atoms in total. The second-order valence-electron chi connectivity index (χ2n) is 4.37. The molecular formula is C14H6Cl2N2O2. The Balaban J connectivity index is 2.34. The van der Waals surface area contributed by atoms with E-state index >= 15 is 0 Å². The van der Waals surface area contributed by atoms with Crippen LogP contribution in [0.4, 0.5) is 0 Å². The van der Waals surface area contributed by atoms with Crippen LogP contribution in [0.25, 0.3) is 11.1 Å². The quantitative estimate of drug-likeness (QED) is 0.479. The first-order valence-electron chi connectivity index (χ1n) is 5.67. The monoisotopic (exact) mass is 304 g/mol. The summed E-state index contributed by atoms with van der Waals surface area (Å²) in [7, 11) is 0. The zero-order chi connectivity index (χ0) is 14.4. The molecule has 2 aliphatic rings. The average Bonchev–Trinajstić information content (AvgIpc) is 2.39. The molecule has 0 aromatic heterocycles. The Kier molecular flexibility index (Phi) is 2.79. The maximum absolute atomic E-state index is 10.8. The lowest BCUT2D eigenvalue weighted by atomic mass is 9.70. The molecule has 0 bridgehead atoms. The van der Waals surface area contributed by atoms with E-state index in [4.69, 9.17) is 23.2 Å². The summed E-state index contributed by atoms with van der Waals surface area (Å²) in [5.74, 6) is 0. The van der Waals surface area contributed by atoms with Gasteiger partial charge in [0.1, 0.15) is 0 Å². The van der Waals surface area contributed by atoms with Crippen LogP contribution < -0.4 is 0 Å². The highest BCUT2D eigenvalue weighted by Gasteiger charge is 2.58. The molecule has 0 heterocycles. The molecule has 1 aromatic carbocycles. The van der Waals surface area contributed by atoms with Gasteiger partial charge >= 0.3 is 0 Å². The third kappa shape index (κ3) is 1.45. The highest BCUT2D eigenvalue weighted by atomic mass is 35.5. The summed E-state index contributed by atoms with van der Waals surface area (Å²) >= 11 is 12.4. The molecule has 6 heteroatoms. The van der Waals surface area contributed by atoms with E-state index in [0.717, 1.165) is 16.7 Å². The van der Waals surface area contributed by atoms with Crippen LogP contribution in [0, 0.1) is 0 Å². The van der Waals surface area contributed by atoms with Crippen molar-refractivity contribution in [1.82, 2.24) is 0 Å². The van der Waals surface area contributed by atoms with E-state index in [-0.39, 0.29) is 0 Å². The SMILES string of the molecule is O=C=NC1(N=C=O)C2=C(C=CC1(Cl)Cl)c1ccccc12. The molecule has 0 atom stereocenters. The summed E-state index contributed by atoms with van der Waals surface area (Å²) in [6, 6.07) is 7.44. The Labute approximate surface area is 124 Å². The molecule has 3 rings (SSSR count). The largest absolute Gasteiger partial charge is 0.238 e. The van der Waals surface area contributed by atoms with Gasteiger partial charge in [0.2, 0.25) is 17.8 Å². The number of hydrogen-bond donors (Lipinski definition) is 0. The molecule has 98 valence electrons. The van der Waals surface area contributed by atoms with E-state index in [2.05, 4.69) is 9.98 Å². The van der Waals surface area contributed by atoms with Gasteiger partial charge in [0, 0.05) is 5.57 Å². The zero-order valence-corrected chi connectivity index (χ0v) is 11.4. The van der Waals surface area contributed by atoms with E-state index in [1.165, 1.54) is 18.2 Å². The van der Waals surface area contributed by atoms with Gasteiger partial charge in [-0.05, 0) is 22.8 Å². The van der Waals surface area contributed by atoms with Crippen molar-refractivity contribution in [3.8, 4) is 0 Å². The van der Waals surface area contributed by atoms with Crippen LogP contribution in [0.1, 0.15) is 11.1 Å². The van der Waals surface area contributed by atoms with Crippen LogP contribution >= 0.6 is 23.2 Å². The van der Waals surface area contributed by atoms with Gasteiger partial charge in [0.25, 0.3) is 0 Å². The minimum absolute atomic E-state index is 0.535. The van der Waals surface area contributed by atoms with Crippen LogP contribution in [0.3, 0.4) is 0 Å². The maximum atomic E-state index is 10.8. The summed E-state index contributed by atoms with van der Waals surface area (Å²) in [5.41, 5.74) is 1.37. The van der Waals surface area contributed by atoms with E-state index < -0.39 is 10.00 Å². The number of halogens is 2. The van der Waals surface area contributed by atoms with Gasteiger partial charge in [-0.1, -0.05) is 53.5 Å². The minimum Gasteiger partial charge on any atom is -0.211 e. The molecule has 0 spiro atoms. The summed E-state index contributed by atoms with van der Waals surface area (Å²) in [4.78, 5) is 28.8. The summed E-state index contributed by atoms with van der Waals surface area (Å²) in [6.45, 7) is 0. The maximum Gasteiger partial charge on any atom is 0.238 e. The number of benzene rings is 1. The molecule has 0 radical (unpaired) electrons. The highest BCUT2D eigenvalue weighted by Crippen LogP contribution is 2.58. The van der Waals surface area contributed by atoms with Gasteiger partial charge < -0.3 is 0 Å². The number of alkyl halides is 2. The van der Waals surface area contributed by atoms with E-state index in [1.54, 1.807) is 6.08 Å². The van der Waals surface area contributed by atoms with Crippen LogP contribution in [0.2, 0.25) is 0 Å². The van der Waals surface area contributed by atoms with Crippen molar-refractivity contribution in [3.63, 3.8) is 0 Å². The highest BCUT2D eigenvalue weighted by molar-refractivity contribution is 6.52. The fourth-order valence-corrected chi connectivity index (χ4v) is 3.07. The number of nitrogens with zero attached hydrogens (tertiary/aromatic N) is 2. The topological polar surface area (TPSA) is 58.9 Å². The lowest BCUT2D eigenvalue weighted by Crippen LogP contribution is -2.47. The molecule has 1 aromatic rings. The lowest BCUT2D eigenvalue weighted by molar-refractivity contribution is 0.509. The molecule has 0 unspecified atom stereocenters. The zero-order valence-electron chi connectivity index (χ0n) is 9.93. The molecule has 20 heavy (non-hydrogen) atoms. The average molecular weight is 305 g/mol. The number of fused-ring (bicyclic) bond motifs is 3. The van der Waals surface area contributed by atoms with Gasteiger partial charge in [-0.25, -0.2) is 9.59 Å². The second-order valence-corrected chi connectivity index (χ2v) is 5.75. The number of allylic oxidation sites excluding steroid dienone is 2. The Bertz CT molecular complexity index is 749. The predicted octanol–water partition coefficient (Wildman–Crippen LogP) is 3.02. The van der Waals surface area contributed by atoms with Crippen molar-refractivity contribution in [2.75, 3.05) is 0 Å². The van der Waals surface area contributed by atoms with Crippen molar-refractivity contribution in [1.29, 1.82) is 0 Å². The van der Waals surface area contributed by atoms with Crippen molar-refractivity contribution >= 4 is 46.5 Å². The molecule has 0 saturated carbocycles. The van der Waals surface area contributed by atoms with Gasteiger partial charge in [-0.2, -0.15) is 9.98 Å². The van der Waals surface area contributed by atoms with Crippen LogP contribution in [-0.4, -0.2) is 22.2 Å². The van der Waals surface area contributed by atoms with Crippen molar-refractivity contribution in [3.05, 3.63) is 47.5 Å². The third-order valence-electron chi connectivity index (χ3n) is 3.44. The number of aliphatic imine (C=N–C) groups is 2. The summed E-state index contributed by atoms with van der Waals surface area (Å²) in [6.07, 6.45) is 5.98. The number of carbonyl (C=O) groups excluding carboxylic acids is 2. The predicted molar refractivity (Wildman–Crippen MR) is 75.8 cm³/mol. The third-order valence-corrected chi connectivity index (χ3v) is 4.22. The molecule has 0 fully saturated rings. The summed E-state index contributed by atoms with van der Waals surface area (Å²) < 4.78 is -1.66. The van der Waals surface area contributed by atoms with Crippen LogP contribution in [0.15, 0.2) is 46.4 Å². The molecule has 0 N–H and O–H groups in total. The molecule has 0 amide bonds.